The summed E-state index contributed by atoms with van der Waals surface area (Å²) in [6, 6.07) is 3.64. The van der Waals surface area contributed by atoms with Crippen molar-refractivity contribution in [2.75, 3.05) is 0 Å². The van der Waals surface area contributed by atoms with Crippen LogP contribution in [-0.2, 0) is 0 Å². The first kappa shape index (κ1) is 10.4. The first-order valence-electron chi connectivity index (χ1n) is 3.59. The van der Waals surface area contributed by atoms with Gasteiger partial charge in [0.05, 0.1) is 10.6 Å². The van der Waals surface area contributed by atoms with Gasteiger partial charge in [0.1, 0.15) is 5.15 Å². The Kier molecular flexibility index (Phi) is 3.07. The summed E-state index contributed by atoms with van der Waals surface area (Å²) in [5.74, 6) is 0. The largest absolute Gasteiger partial charge is 0.224 e. The van der Waals surface area contributed by atoms with Crippen molar-refractivity contribution in [1.29, 1.82) is 0 Å². The molecule has 2 nitrogen and oxygen atoms in total. The molecule has 0 aromatic carbocycles. The second-order valence-electron chi connectivity index (χ2n) is 2.47. The number of aromatic nitrogens is 2. The fourth-order valence-corrected chi connectivity index (χ4v) is 2.76. The third kappa shape index (κ3) is 2.25. The Morgan fingerprint density at radius 3 is 2.57 bits per heavy atom. The van der Waals surface area contributed by atoms with Crippen LogP contribution in [0.5, 0.6) is 0 Å². The van der Waals surface area contributed by atoms with Gasteiger partial charge in [-0.3, -0.25) is 0 Å². The summed E-state index contributed by atoms with van der Waals surface area (Å²) in [5, 5.41) is 2.49. The topological polar surface area (TPSA) is 25.8 Å². The summed E-state index contributed by atoms with van der Waals surface area (Å²) in [6.07, 6.45) is 0. The Morgan fingerprint density at radius 2 is 2.00 bits per heavy atom. The molecule has 2 heterocycles. The average molecular weight is 310 g/mol. The lowest BCUT2D eigenvalue weighted by Crippen LogP contribution is -1.85. The molecule has 0 radical (unpaired) electrons. The lowest BCUT2D eigenvalue weighted by molar-refractivity contribution is 1.18. The van der Waals surface area contributed by atoms with Crippen molar-refractivity contribution in [2.45, 2.75) is 0 Å². The quantitative estimate of drug-likeness (QED) is 0.580. The van der Waals surface area contributed by atoms with Crippen molar-refractivity contribution in [1.82, 2.24) is 9.97 Å². The lowest BCUT2D eigenvalue weighted by atomic mass is 10.3. The zero-order valence-electron chi connectivity index (χ0n) is 6.67. The molecule has 0 unspecified atom stereocenters. The van der Waals surface area contributed by atoms with Crippen molar-refractivity contribution >= 4 is 50.5 Å². The second-order valence-corrected chi connectivity index (χ2v) is 5.03. The summed E-state index contributed by atoms with van der Waals surface area (Å²) >= 11 is 16.4. The van der Waals surface area contributed by atoms with E-state index >= 15 is 0 Å². The molecule has 72 valence electrons. The third-order valence-corrected chi connectivity index (χ3v) is 3.56. The van der Waals surface area contributed by atoms with Crippen LogP contribution in [0.2, 0.25) is 10.4 Å². The highest BCUT2D eigenvalue weighted by Crippen LogP contribution is 2.30. The Morgan fingerprint density at radius 1 is 1.21 bits per heavy atom. The van der Waals surface area contributed by atoms with Gasteiger partial charge >= 0.3 is 0 Å². The average Bonchev–Trinajstić information content (AvgIpc) is 2.50. The summed E-state index contributed by atoms with van der Waals surface area (Å²) in [5.41, 5.74) is 0.741. The number of hydrogen-bond donors (Lipinski definition) is 0. The van der Waals surface area contributed by atoms with Crippen LogP contribution in [0.1, 0.15) is 0 Å². The number of nitrogens with zero attached hydrogens (tertiary/aromatic N) is 2. The van der Waals surface area contributed by atoms with E-state index in [0.717, 1.165) is 15.0 Å². The maximum absolute atomic E-state index is 5.76. The Balaban J connectivity index is 2.51. The molecule has 0 aliphatic carbocycles. The fourth-order valence-electron chi connectivity index (χ4n) is 0.963. The monoisotopic (exact) mass is 308 g/mol. The van der Waals surface area contributed by atoms with E-state index in [-0.39, 0.29) is 5.28 Å². The fraction of sp³-hybridized carbons (Fsp3) is 0. The minimum Gasteiger partial charge on any atom is -0.217 e. The van der Waals surface area contributed by atoms with Crippen LogP contribution < -0.4 is 0 Å². The van der Waals surface area contributed by atoms with Crippen molar-refractivity contribution in [3.63, 3.8) is 0 Å². The molecule has 0 amide bonds. The highest BCUT2D eigenvalue weighted by Gasteiger charge is 2.06. The molecule has 0 aliphatic rings. The summed E-state index contributed by atoms with van der Waals surface area (Å²) < 4.78 is 1.02. The molecule has 0 atom stereocenters. The van der Waals surface area contributed by atoms with Gasteiger partial charge < -0.3 is 0 Å². The minimum atomic E-state index is 0.164. The smallest absolute Gasteiger partial charge is 0.217 e. The van der Waals surface area contributed by atoms with Crippen LogP contribution in [0.25, 0.3) is 10.6 Å². The number of halogens is 3. The molecule has 0 N–H and O–H groups in total. The van der Waals surface area contributed by atoms with Crippen molar-refractivity contribution in [3.8, 4) is 10.6 Å². The van der Waals surface area contributed by atoms with Crippen molar-refractivity contribution in [3.05, 3.63) is 32.4 Å². The number of rotatable bonds is 1. The molecule has 14 heavy (non-hydrogen) atoms. The maximum Gasteiger partial charge on any atom is 0.224 e. The summed E-state index contributed by atoms with van der Waals surface area (Å²) in [7, 11) is 0. The predicted molar refractivity (Wildman–Crippen MR) is 63.1 cm³/mol. The minimum absolute atomic E-state index is 0.164. The molecular formula is C8H3BrCl2N2S. The first-order chi connectivity index (χ1) is 6.65. The van der Waals surface area contributed by atoms with E-state index < -0.39 is 0 Å². The molecule has 2 aromatic rings. The Hall–Kier alpha value is -0.160. The van der Waals surface area contributed by atoms with E-state index in [1.165, 1.54) is 0 Å². The molecule has 0 saturated heterocycles. The highest BCUT2D eigenvalue weighted by atomic mass is 79.9. The maximum atomic E-state index is 5.76. The highest BCUT2D eigenvalue weighted by molar-refractivity contribution is 9.10. The standard InChI is InChI=1S/C8H3BrCl2N2S/c9-4-1-6(14-3-4)5-2-7(10)13-8(11)12-5/h1-3H. The molecular weight excluding hydrogens is 307 g/mol. The van der Waals surface area contributed by atoms with E-state index in [0.29, 0.717) is 5.15 Å². The third-order valence-electron chi connectivity index (χ3n) is 1.49. The number of hydrogen-bond acceptors (Lipinski definition) is 3. The van der Waals surface area contributed by atoms with Crippen LogP contribution >= 0.6 is 50.5 Å². The van der Waals surface area contributed by atoms with Gasteiger partial charge in [0, 0.05) is 15.9 Å². The van der Waals surface area contributed by atoms with Crippen LogP contribution in [0, 0.1) is 0 Å². The molecule has 0 spiro atoms. The van der Waals surface area contributed by atoms with Gasteiger partial charge in [0.2, 0.25) is 5.28 Å². The van der Waals surface area contributed by atoms with E-state index in [4.69, 9.17) is 23.2 Å². The first-order valence-corrected chi connectivity index (χ1v) is 6.02. The van der Waals surface area contributed by atoms with E-state index in [1.807, 2.05) is 11.4 Å². The summed E-state index contributed by atoms with van der Waals surface area (Å²) in [4.78, 5) is 8.86. The van der Waals surface area contributed by atoms with E-state index in [2.05, 4.69) is 25.9 Å². The molecule has 6 heteroatoms. The Labute approximate surface area is 103 Å². The van der Waals surface area contributed by atoms with Crippen LogP contribution in [0.4, 0.5) is 0 Å². The van der Waals surface area contributed by atoms with Gasteiger partial charge in [0.15, 0.2) is 0 Å². The predicted octanol–water partition coefficient (Wildman–Crippen LogP) is 4.27. The van der Waals surface area contributed by atoms with Gasteiger partial charge in [-0.1, -0.05) is 11.6 Å². The van der Waals surface area contributed by atoms with Crippen LogP contribution in [0.15, 0.2) is 22.0 Å². The van der Waals surface area contributed by atoms with Crippen molar-refractivity contribution in [2.24, 2.45) is 0 Å². The van der Waals surface area contributed by atoms with E-state index in [9.17, 15) is 0 Å². The summed E-state index contributed by atoms with van der Waals surface area (Å²) in [6.45, 7) is 0. The molecule has 0 bridgehead atoms. The van der Waals surface area contributed by atoms with Crippen LogP contribution in [-0.4, -0.2) is 9.97 Å². The van der Waals surface area contributed by atoms with Gasteiger partial charge in [-0.15, -0.1) is 11.3 Å². The normalized spacial score (nSPS) is 10.5. The van der Waals surface area contributed by atoms with E-state index in [1.54, 1.807) is 17.4 Å². The van der Waals surface area contributed by atoms with Crippen LogP contribution in [0.3, 0.4) is 0 Å². The second kappa shape index (κ2) is 4.14. The molecule has 2 rings (SSSR count). The van der Waals surface area contributed by atoms with Gasteiger partial charge in [-0.25, -0.2) is 9.97 Å². The van der Waals surface area contributed by atoms with Crippen molar-refractivity contribution < 1.29 is 0 Å². The van der Waals surface area contributed by atoms with Gasteiger partial charge in [-0.2, -0.15) is 0 Å². The van der Waals surface area contributed by atoms with Gasteiger partial charge in [0.25, 0.3) is 0 Å². The zero-order chi connectivity index (χ0) is 10.1. The lowest BCUT2D eigenvalue weighted by Gasteiger charge is -1.97. The van der Waals surface area contributed by atoms with Gasteiger partial charge in [-0.05, 0) is 33.6 Å². The SMILES string of the molecule is Clc1cc(-c2cc(Br)cs2)nc(Cl)n1. The number of thiophene rings is 1. The molecule has 0 fully saturated rings. The Bertz CT molecular complexity index is 452. The molecule has 0 aliphatic heterocycles. The molecule has 0 saturated carbocycles. The zero-order valence-corrected chi connectivity index (χ0v) is 10.6. The molecule has 2 aromatic heterocycles.